The van der Waals surface area contributed by atoms with Crippen molar-refractivity contribution in [3.05, 3.63) is 23.8 Å². The molecule has 74 valence electrons. The topological polar surface area (TPSA) is 52.1 Å². The van der Waals surface area contributed by atoms with Crippen molar-refractivity contribution in [2.75, 3.05) is 0 Å². The van der Waals surface area contributed by atoms with Crippen molar-refractivity contribution >= 4 is 5.97 Å². The molecule has 1 aromatic heterocycles. The van der Waals surface area contributed by atoms with Gasteiger partial charge in [-0.15, -0.1) is 0 Å². The highest BCUT2D eigenvalue weighted by Gasteiger charge is 2.31. The fraction of sp³-hybridized carbons (Fsp3) is 0.500. The van der Waals surface area contributed by atoms with Crippen LogP contribution in [0.15, 0.2) is 12.5 Å². The second-order valence-electron chi connectivity index (χ2n) is 3.60. The maximum absolute atomic E-state index is 10.9. The fourth-order valence-electron chi connectivity index (χ4n) is 1.86. The van der Waals surface area contributed by atoms with Gasteiger partial charge in [-0.2, -0.15) is 0 Å². The van der Waals surface area contributed by atoms with Crippen LogP contribution in [0.5, 0.6) is 0 Å². The smallest absolute Gasteiger partial charge is 0.303 e. The van der Waals surface area contributed by atoms with E-state index in [1.165, 1.54) is 13.3 Å². The molecule has 14 heavy (non-hydrogen) atoms. The van der Waals surface area contributed by atoms with Gasteiger partial charge in [0.05, 0.1) is 5.69 Å². The standard InChI is InChI=1S/C10H12N2O2/c1-6-3-9(14-7(2)13)10-8(6)4-11-5-12-10/h4-6,9H,3H2,1-2H3. The fourth-order valence-corrected chi connectivity index (χ4v) is 1.86. The molecule has 1 aliphatic rings. The Hall–Kier alpha value is -1.45. The molecule has 2 rings (SSSR count). The average molecular weight is 192 g/mol. The molecule has 1 aromatic rings. The quantitative estimate of drug-likeness (QED) is 0.634. The molecule has 2 atom stereocenters. The van der Waals surface area contributed by atoms with E-state index in [0.29, 0.717) is 5.92 Å². The highest BCUT2D eigenvalue weighted by atomic mass is 16.5. The zero-order valence-electron chi connectivity index (χ0n) is 8.23. The molecule has 1 aliphatic carbocycles. The van der Waals surface area contributed by atoms with Crippen molar-refractivity contribution in [3.8, 4) is 0 Å². The second-order valence-corrected chi connectivity index (χ2v) is 3.60. The van der Waals surface area contributed by atoms with Gasteiger partial charge in [-0.25, -0.2) is 9.97 Å². The molecule has 0 radical (unpaired) electrons. The molecule has 0 amide bonds. The third-order valence-electron chi connectivity index (χ3n) is 2.48. The lowest BCUT2D eigenvalue weighted by Crippen LogP contribution is -2.06. The number of hydrogen-bond acceptors (Lipinski definition) is 4. The Kier molecular flexibility index (Phi) is 2.19. The summed E-state index contributed by atoms with van der Waals surface area (Å²) < 4.78 is 5.18. The second kappa shape index (κ2) is 3.36. The molecular weight excluding hydrogens is 180 g/mol. The van der Waals surface area contributed by atoms with E-state index in [2.05, 4.69) is 16.9 Å². The van der Waals surface area contributed by atoms with Crippen LogP contribution < -0.4 is 0 Å². The van der Waals surface area contributed by atoms with Gasteiger partial charge < -0.3 is 4.74 Å². The maximum atomic E-state index is 10.9. The van der Waals surface area contributed by atoms with Crippen molar-refractivity contribution < 1.29 is 9.53 Å². The van der Waals surface area contributed by atoms with Crippen LogP contribution >= 0.6 is 0 Å². The Morgan fingerprint density at radius 3 is 3.14 bits per heavy atom. The van der Waals surface area contributed by atoms with Gasteiger partial charge in [-0.3, -0.25) is 4.79 Å². The first-order valence-electron chi connectivity index (χ1n) is 4.65. The SMILES string of the molecule is CC(=O)OC1CC(C)c2cncnc21. The summed E-state index contributed by atoms with van der Waals surface area (Å²) in [5.74, 6) is 0.115. The van der Waals surface area contributed by atoms with E-state index in [1.54, 1.807) is 6.20 Å². The van der Waals surface area contributed by atoms with Gasteiger partial charge in [0.2, 0.25) is 0 Å². The Morgan fingerprint density at radius 2 is 2.43 bits per heavy atom. The van der Waals surface area contributed by atoms with Crippen molar-refractivity contribution in [1.29, 1.82) is 0 Å². The number of rotatable bonds is 1. The number of ether oxygens (including phenoxy) is 1. The molecule has 0 aliphatic heterocycles. The van der Waals surface area contributed by atoms with Crippen molar-refractivity contribution in [3.63, 3.8) is 0 Å². The predicted octanol–water partition coefficient (Wildman–Crippen LogP) is 1.59. The van der Waals surface area contributed by atoms with Gasteiger partial charge in [0, 0.05) is 13.1 Å². The van der Waals surface area contributed by atoms with E-state index in [4.69, 9.17) is 4.74 Å². The Bertz CT molecular complexity index is 365. The summed E-state index contributed by atoms with van der Waals surface area (Å²) in [6, 6.07) is 0. The van der Waals surface area contributed by atoms with Crippen molar-refractivity contribution in [2.45, 2.75) is 32.3 Å². The van der Waals surface area contributed by atoms with Gasteiger partial charge in [0.1, 0.15) is 12.4 Å². The lowest BCUT2D eigenvalue weighted by Gasteiger charge is -2.09. The van der Waals surface area contributed by atoms with Gasteiger partial charge in [0.15, 0.2) is 0 Å². The largest absolute Gasteiger partial charge is 0.456 e. The number of carbonyl (C=O) groups excluding carboxylic acids is 1. The van der Waals surface area contributed by atoms with Gasteiger partial charge in [0.25, 0.3) is 0 Å². The average Bonchev–Trinajstić information content (AvgIpc) is 2.44. The van der Waals surface area contributed by atoms with Crippen LogP contribution in [0.2, 0.25) is 0 Å². The summed E-state index contributed by atoms with van der Waals surface area (Å²) in [6.07, 6.45) is 3.93. The summed E-state index contributed by atoms with van der Waals surface area (Å²) in [4.78, 5) is 19.0. The number of aromatic nitrogens is 2. The van der Waals surface area contributed by atoms with E-state index in [0.717, 1.165) is 17.7 Å². The molecule has 0 spiro atoms. The van der Waals surface area contributed by atoms with Crippen molar-refractivity contribution in [2.24, 2.45) is 0 Å². The molecule has 0 saturated heterocycles. The van der Waals surface area contributed by atoms with Gasteiger partial charge in [-0.05, 0) is 17.9 Å². The molecule has 1 heterocycles. The van der Waals surface area contributed by atoms with Gasteiger partial charge in [-0.1, -0.05) is 6.92 Å². The van der Waals surface area contributed by atoms with Crippen LogP contribution in [0.3, 0.4) is 0 Å². The molecule has 0 N–H and O–H groups in total. The maximum Gasteiger partial charge on any atom is 0.303 e. The molecule has 2 unspecified atom stereocenters. The lowest BCUT2D eigenvalue weighted by molar-refractivity contribution is -0.146. The van der Waals surface area contributed by atoms with Crippen LogP contribution in [-0.4, -0.2) is 15.9 Å². The number of hydrogen-bond donors (Lipinski definition) is 0. The van der Waals surface area contributed by atoms with E-state index < -0.39 is 0 Å². The summed E-state index contributed by atoms with van der Waals surface area (Å²) in [6.45, 7) is 3.51. The van der Waals surface area contributed by atoms with Crippen LogP contribution in [0.1, 0.15) is 43.5 Å². The minimum absolute atomic E-state index is 0.180. The molecule has 4 nitrogen and oxygen atoms in total. The number of fused-ring (bicyclic) bond motifs is 1. The number of esters is 1. The molecule has 4 heteroatoms. The molecule has 0 aromatic carbocycles. The summed E-state index contributed by atoms with van der Waals surface area (Å²) in [5, 5.41) is 0. The first-order valence-corrected chi connectivity index (χ1v) is 4.65. The van der Waals surface area contributed by atoms with Crippen LogP contribution in [0.25, 0.3) is 0 Å². The van der Waals surface area contributed by atoms with Crippen LogP contribution in [0, 0.1) is 0 Å². The normalized spacial score (nSPS) is 24.4. The Morgan fingerprint density at radius 1 is 1.64 bits per heavy atom. The van der Waals surface area contributed by atoms with E-state index in [9.17, 15) is 4.79 Å². The highest BCUT2D eigenvalue weighted by Crippen LogP contribution is 2.40. The molecule has 0 bridgehead atoms. The number of carbonyl (C=O) groups is 1. The number of nitrogens with zero attached hydrogens (tertiary/aromatic N) is 2. The minimum atomic E-state index is -0.256. The first kappa shape index (κ1) is 9.12. The van der Waals surface area contributed by atoms with Crippen LogP contribution in [0.4, 0.5) is 0 Å². The third kappa shape index (κ3) is 1.47. The summed E-state index contributed by atoms with van der Waals surface area (Å²) in [7, 11) is 0. The highest BCUT2D eigenvalue weighted by molar-refractivity contribution is 5.66. The molecule has 0 saturated carbocycles. The summed E-state index contributed by atoms with van der Waals surface area (Å²) in [5.41, 5.74) is 1.96. The summed E-state index contributed by atoms with van der Waals surface area (Å²) >= 11 is 0. The van der Waals surface area contributed by atoms with Crippen LogP contribution in [-0.2, 0) is 9.53 Å². The minimum Gasteiger partial charge on any atom is -0.456 e. The third-order valence-corrected chi connectivity index (χ3v) is 2.48. The Labute approximate surface area is 82.3 Å². The monoisotopic (exact) mass is 192 g/mol. The Balaban J connectivity index is 2.29. The molecule has 0 fully saturated rings. The van der Waals surface area contributed by atoms with E-state index >= 15 is 0 Å². The zero-order valence-corrected chi connectivity index (χ0v) is 8.23. The lowest BCUT2D eigenvalue weighted by atomic mass is 10.1. The zero-order chi connectivity index (χ0) is 10.1. The van der Waals surface area contributed by atoms with Crippen molar-refractivity contribution in [1.82, 2.24) is 9.97 Å². The predicted molar refractivity (Wildman–Crippen MR) is 49.6 cm³/mol. The molecular formula is C10H12N2O2. The van der Waals surface area contributed by atoms with Gasteiger partial charge >= 0.3 is 5.97 Å². The van der Waals surface area contributed by atoms with E-state index in [1.807, 2.05) is 0 Å². The van der Waals surface area contributed by atoms with E-state index in [-0.39, 0.29) is 12.1 Å². The first-order chi connectivity index (χ1) is 6.68.